The van der Waals surface area contributed by atoms with Crippen LogP contribution in [0, 0.1) is 22.7 Å². The van der Waals surface area contributed by atoms with Crippen molar-refractivity contribution in [2.75, 3.05) is 0 Å². The quantitative estimate of drug-likeness (QED) is 0.284. The molecular formula is C24H14Br2N2. The monoisotopic (exact) mass is 488 g/mol. The van der Waals surface area contributed by atoms with Crippen LogP contribution >= 0.6 is 31.9 Å². The molecule has 0 saturated heterocycles. The first-order valence-electron chi connectivity index (χ1n) is 8.46. The summed E-state index contributed by atoms with van der Waals surface area (Å²) in [6.07, 6.45) is 3.70. The van der Waals surface area contributed by atoms with Gasteiger partial charge in [0.15, 0.2) is 0 Å². The van der Waals surface area contributed by atoms with Gasteiger partial charge in [-0.1, -0.05) is 92.5 Å². The minimum atomic E-state index is 0.549. The van der Waals surface area contributed by atoms with Gasteiger partial charge in [0.05, 0.1) is 23.3 Å². The van der Waals surface area contributed by atoms with E-state index in [2.05, 4.69) is 44.0 Å². The maximum absolute atomic E-state index is 9.69. The zero-order chi connectivity index (χ0) is 19.9. The third kappa shape index (κ3) is 4.49. The Morgan fingerprint density at radius 1 is 0.607 bits per heavy atom. The Morgan fingerprint density at radius 2 is 0.964 bits per heavy atom. The summed E-state index contributed by atoms with van der Waals surface area (Å²) >= 11 is 7.01. The summed E-state index contributed by atoms with van der Waals surface area (Å²) in [7, 11) is 0. The van der Waals surface area contributed by atoms with Gasteiger partial charge in [-0.15, -0.1) is 0 Å². The van der Waals surface area contributed by atoms with E-state index in [-0.39, 0.29) is 0 Å². The van der Waals surface area contributed by atoms with Gasteiger partial charge < -0.3 is 0 Å². The van der Waals surface area contributed by atoms with Gasteiger partial charge in [0.25, 0.3) is 0 Å². The Hall–Kier alpha value is -2.92. The van der Waals surface area contributed by atoms with E-state index in [1.807, 2.05) is 84.9 Å². The van der Waals surface area contributed by atoms with Gasteiger partial charge >= 0.3 is 0 Å². The van der Waals surface area contributed by atoms with Crippen LogP contribution in [0.3, 0.4) is 0 Å². The topological polar surface area (TPSA) is 47.6 Å². The molecule has 0 aliphatic carbocycles. The smallest absolute Gasteiger partial charge is 0.0998 e. The van der Waals surface area contributed by atoms with Crippen LogP contribution < -0.4 is 0 Å². The van der Waals surface area contributed by atoms with Crippen LogP contribution in [-0.2, 0) is 0 Å². The molecule has 0 atom stereocenters. The summed E-state index contributed by atoms with van der Waals surface area (Å²) in [6, 6.07) is 27.5. The van der Waals surface area contributed by atoms with E-state index in [4.69, 9.17) is 0 Å². The molecule has 2 nitrogen and oxygen atoms in total. The molecule has 0 saturated carbocycles. The summed E-state index contributed by atoms with van der Waals surface area (Å²) in [5, 5.41) is 19.4. The Bertz CT molecular complexity index is 1070. The normalized spacial score (nSPS) is 11.6. The first-order valence-corrected chi connectivity index (χ1v) is 10.0. The molecule has 0 aliphatic heterocycles. The van der Waals surface area contributed by atoms with Crippen molar-refractivity contribution >= 4 is 55.2 Å². The maximum atomic E-state index is 9.69. The zero-order valence-corrected chi connectivity index (χ0v) is 17.9. The van der Waals surface area contributed by atoms with Gasteiger partial charge in [0, 0.05) is 20.1 Å². The lowest BCUT2D eigenvalue weighted by Crippen LogP contribution is -1.88. The number of halogens is 2. The zero-order valence-electron chi connectivity index (χ0n) is 14.7. The second-order valence-electron chi connectivity index (χ2n) is 5.93. The predicted molar refractivity (Wildman–Crippen MR) is 122 cm³/mol. The molecule has 0 radical (unpaired) electrons. The molecule has 0 fully saturated rings. The Kier molecular flexibility index (Phi) is 6.61. The van der Waals surface area contributed by atoms with Gasteiger partial charge in [-0.3, -0.25) is 0 Å². The standard InChI is InChI=1S/C24H14Br2N2/c25-23-11-5-3-9-21(23)19(15-27)13-17-7-1-2-8-18(17)14-20(16-28)22-10-4-6-12-24(22)26/h1-14H/b19-13+,20-14+. The molecule has 0 bridgehead atoms. The molecule has 0 N–H and O–H groups in total. The fourth-order valence-electron chi connectivity index (χ4n) is 2.78. The molecule has 4 heteroatoms. The molecule has 0 unspecified atom stereocenters. The number of benzene rings is 3. The summed E-state index contributed by atoms with van der Waals surface area (Å²) in [5.74, 6) is 0. The number of allylic oxidation sites excluding steroid dienone is 2. The molecular weight excluding hydrogens is 476 g/mol. The van der Waals surface area contributed by atoms with Crippen molar-refractivity contribution in [2.24, 2.45) is 0 Å². The molecule has 0 aliphatic rings. The third-order valence-corrected chi connectivity index (χ3v) is 5.55. The van der Waals surface area contributed by atoms with E-state index < -0.39 is 0 Å². The van der Waals surface area contributed by atoms with E-state index in [1.165, 1.54) is 0 Å². The third-order valence-electron chi connectivity index (χ3n) is 4.16. The van der Waals surface area contributed by atoms with E-state index >= 15 is 0 Å². The highest BCUT2D eigenvalue weighted by Gasteiger charge is 2.09. The first-order chi connectivity index (χ1) is 13.6. The van der Waals surface area contributed by atoms with E-state index in [0.717, 1.165) is 31.2 Å². The molecule has 0 amide bonds. The number of nitrogens with zero attached hydrogens (tertiary/aromatic N) is 2. The average Bonchev–Trinajstić information content (AvgIpc) is 2.72. The highest BCUT2D eigenvalue weighted by molar-refractivity contribution is 9.10. The van der Waals surface area contributed by atoms with Crippen molar-refractivity contribution in [2.45, 2.75) is 0 Å². The molecule has 0 heterocycles. The van der Waals surface area contributed by atoms with Crippen LogP contribution in [0.5, 0.6) is 0 Å². The van der Waals surface area contributed by atoms with Crippen LogP contribution in [-0.4, -0.2) is 0 Å². The largest absolute Gasteiger partial charge is 0.192 e. The fraction of sp³-hybridized carbons (Fsp3) is 0. The Morgan fingerprint density at radius 3 is 1.32 bits per heavy atom. The van der Waals surface area contributed by atoms with E-state index in [1.54, 1.807) is 0 Å². The maximum Gasteiger partial charge on any atom is 0.0998 e. The van der Waals surface area contributed by atoms with Gasteiger partial charge in [-0.25, -0.2) is 0 Å². The summed E-state index contributed by atoms with van der Waals surface area (Å²) < 4.78 is 1.73. The minimum absolute atomic E-state index is 0.549. The van der Waals surface area contributed by atoms with Crippen molar-refractivity contribution in [1.29, 1.82) is 10.5 Å². The molecule has 3 aromatic rings. The van der Waals surface area contributed by atoms with Crippen LogP contribution in [0.15, 0.2) is 81.7 Å². The van der Waals surface area contributed by atoms with Gasteiger partial charge in [-0.2, -0.15) is 10.5 Å². The minimum Gasteiger partial charge on any atom is -0.192 e. The second-order valence-corrected chi connectivity index (χ2v) is 7.64. The lowest BCUT2D eigenvalue weighted by molar-refractivity contribution is 1.50. The first kappa shape index (κ1) is 19.8. The Labute approximate surface area is 181 Å². The lowest BCUT2D eigenvalue weighted by Gasteiger charge is -2.07. The van der Waals surface area contributed by atoms with Gasteiger partial charge in [0.1, 0.15) is 0 Å². The average molecular weight is 490 g/mol. The van der Waals surface area contributed by atoms with Crippen molar-refractivity contribution in [3.63, 3.8) is 0 Å². The molecule has 3 rings (SSSR count). The van der Waals surface area contributed by atoms with E-state index in [0.29, 0.717) is 11.1 Å². The number of rotatable bonds is 4. The fourth-order valence-corrected chi connectivity index (χ4v) is 3.78. The number of hydrogen-bond acceptors (Lipinski definition) is 2. The second kappa shape index (κ2) is 9.33. The molecule has 3 aromatic carbocycles. The lowest BCUT2D eigenvalue weighted by atomic mass is 9.98. The van der Waals surface area contributed by atoms with Crippen molar-refractivity contribution in [3.8, 4) is 12.1 Å². The number of nitriles is 2. The van der Waals surface area contributed by atoms with Crippen LogP contribution in [0.4, 0.5) is 0 Å². The van der Waals surface area contributed by atoms with Crippen LogP contribution in [0.25, 0.3) is 23.3 Å². The molecule has 134 valence electrons. The number of hydrogen-bond donors (Lipinski definition) is 0. The Balaban J connectivity index is 2.12. The van der Waals surface area contributed by atoms with Crippen molar-refractivity contribution < 1.29 is 0 Å². The summed E-state index contributed by atoms with van der Waals surface area (Å²) in [5.41, 5.74) is 4.50. The van der Waals surface area contributed by atoms with Crippen LogP contribution in [0.1, 0.15) is 22.3 Å². The van der Waals surface area contributed by atoms with Crippen molar-refractivity contribution in [1.82, 2.24) is 0 Å². The molecule has 0 aromatic heterocycles. The predicted octanol–water partition coefficient (Wildman–Crippen LogP) is 7.34. The van der Waals surface area contributed by atoms with Gasteiger partial charge in [-0.05, 0) is 35.4 Å². The van der Waals surface area contributed by atoms with E-state index in [9.17, 15) is 10.5 Å². The molecule has 28 heavy (non-hydrogen) atoms. The SMILES string of the molecule is N#C/C(=C\c1ccccc1/C=C(\C#N)c1ccccc1Br)c1ccccc1Br. The molecule has 0 spiro atoms. The van der Waals surface area contributed by atoms with Crippen molar-refractivity contribution in [3.05, 3.63) is 104 Å². The van der Waals surface area contributed by atoms with Crippen LogP contribution in [0.2, 0.25) is 0 Å². The highest BCUT2D eigenvalue weighted by Crippen LogP contribution is 2.29. The van der Waals surface area contributed by atoms with Gasteiger partial charge in [0.2, 0.25) is 0 Å². The highest BCUT2D eigenvalue weighted by atomic mass is 79.9. The summed E-state index contributed by atoms with van der Waals surface area (Å²) in [4.78, 5) is 0. The summed E-state index contributed by atoms with van der Waals surface area (Å²) in [6.45, 7) is 0.